The number of aliphatic hydroxyl groups is 5. The second-order valence-corrected chi connectivity index (χ2v) is 12.9. The quantitative estimate of drug-likeness (QED) is 0.427. The van der Waals surface area contributed by atoms with E-state index >= 15 is 0 Å². The van der Waals surface area contributed by atoms with Crippen LogP contribution in [-0.4, -0.2) is 60.8 Å². The number of aliphatic hydroxyl groups excluding tert-OH is 3. The van der Waals surface area contributed by atoms with Crippen molar-refractivity contribution in [2.24, 2.45) is 34.5 Å². The summed E-state index contributed by atoms with van der Waals surface area (Å²) in [6.45, 7) is 9.74. The summed E-state index contributed by atoms with van der Waals surface area (Å²) in [5, 5.41) is 53.9. The van der Waals surface area contributed by atoms with E-state index in [1.165, 1.54) is 0 Å². The van der Waals surface area contributed by atoms with Crippen molar-refractivity contribution >= 4 is 5.78 Å². The minimum atomic E-state index is -1.10. The molecule has 188 valence electrons. The van der Waals surface area contributed by atoms with E-state index in [0.29, 0.717) is 25.7 Å². The first-order chi connectivity index (χ1) is 15.1. The van der Waals surface area contributed by atoms with Crippen LogP contribution in [0, 0.1) is 34.5 Å². The molecule has 0 aromatic heterocycles. The number of fused-ring (bicyclic) bond motifs is 5. The van der Waals surface area contributed by atoms with Gasteiger partial charge < -0.3 is 25.5 Å². The van der Waals surface area contributed by atoms with Crippen molar-refractivity contribution in [3.05, 3.63) is 11.6 Å². The lowest BCUT2D eigenvalue weighted by Gasteiger charge is -2.60. The lowest BCUT2D eigenvalue weighted by molar-refractivity contribution is -0.154. The Morgan fingerprint density at radius 1 is 1.12 bits per heavy atom. The molecule has 0 heterocycles. The van der Waals surface area contributed by atoms with Gasteiger partial charge in [0.25, 0.3) is 0 Å². The maximum absolute atomic E-state index is 13.2. The fourth-order valence-corrected chi connectivity index (χ4v) is 8.29. The summed E-state index contributed by atoms with van der Waals surface area (Å²) in [5.74, 6) is -0.264. The van der Waals surface area contributed by atoms with Crippen molar-refractivity contribution in [3.8, 4) is 0 Å². The van der Waals surface area contributed by atoms with E-state index in [1.54, 1.807) is 19.9 Å². The van der Waals surface area contributed by atoms with Gasteiger partial charge in [0.2, 0.25) is 0 Å². The molecule has 5 N–H and O–H groups in total. The largest absolute Gasteiger partial charge is 0.393 e. The van der Waals surface area contributed by atoms with Crippen LogP contribution in [0.5, 0.6) is 0 Å². The van der Waals surface area contributed by atoms with Gasteiger partial charge in [-0.25, -0.2) is 0 Å². The molecule has 1 unspecified atom stereocenters. The first-order valence-corrected chi connectivity index (χ1v) is 12.9. The van der Waals surface area contributed by atoms with Gasteiger partial charge in [0.15, 0.2) is 5.78 Å². The fraction of sp³-hybridized carbons (Fsp3) is 0.889. The van der Waals surface area contributed by atoms with E-state index in [4.69, 9.17) is 0 Å². The average molecular weight is 465 g/mol. The minimum absolute atomic E-state index is 0.00888. The van der Waals surface area contributed by atoms with Gasteiger partial charge in [0.1, 0.15) is 0 Å². The Balaban J connectivity index is 1.62. The predicted molar refractivity (Wildman–Crippen MR) is 125 cm³/mol. The first kappa shape index (κ1) is 25.3. The van der Waals surface area contributed by atoms with Crippen molar-refractivity contribution in [3.63, 3.8) is 0 Å². The number of allylic oxidation sites excluding steroid dienone is 1. The second-order valence-electron chi connectivity index (χ2n) is 12.9. The number of hydrogen-bond acceptors (Lipinski definition) is 6. The van der Waals surface area contributed by atoms with Gasteiger partial charge in [-0.2, -0.15) is 0 Å². The molecule has 4 rings (SSSR count). The smallest absolute Gasteiger partial charge is 0.159 e. The second kappa shape index (κ2) is 8.12. The molecule has 0 saturated heterocycles. The van der Waals surface area contributed by atoms with E-state index < -0.39 is 40.3 Å². The molecular formula is C27H44O6. The van der Waals surface area contributed by atoms with Crippen LogP contribution in [0.25, 0.3) is 0 Å². The van der Waals surface area contributed by atoms with Crippen molar-refractivity contribution < 1.29 is 30.3 Å². The molecule has 33 heavy (non-hydrogen) atoms. The summed E-state index contributed by atoms with van der Waals surface area (Å²) in [5.41, 5.74) is -2.01. The van der Waals surface area contributed by atoms with Crippen molar-refractivity contribution in [2.75, 3.05) is 0 Å². The van der Waals surface area contributed by atoms with Crippen molar-refractivity contribution in [2.45, 2.75) is 115 Å². The van der Waals surface area contributed by atoms with E-state index in [1.807, 2.05) is 0 Å². The molecule has 0 bridgehead atoms. The number of hydrogen-bond donors (Lipinski definition) is 5. The van der Waals surface area contributed by atoms with Crippen LogP contribution in [0.2, 0.25) is 0 Å². The van der Waals surface area contributed by atoms with Crippen LogP contribution in [0.15, 0.2) is 11.6 Å². The Morgan fingerprint density at radius 2 is 1.79 bits per heavy atom. The van der Waals surface area contributed by atoms with Crippen molar-refractivity contribution in [1.82, 2.24) is 0 Å². The third-order valence-corrected chi connectivity index (χ3v) is 10.5. The van der Waals surface area contributed by atoms with Crippen molar-refractivity contribution in [1.29, 1.82) is 0 Å². The SMILES string of the molecule is C[C@H]([C@H](O)CCC(C)(C)O)[C@H]1CC[C@@]2(O)C3=CC(=O)[C@@H]4C[C@@H](O)[C@@H](O)C[C@]4(C)C3CC[C@]12C. The van der Waals surface area contributed by atoms with Crippen LogP contribution in [0.3, 0.4) is 0 Å². The molecule has 0 amide bonds. The highest BCUT2D eigenvalue weighted by Gasteiger charge is 2.67. The maximum atomic E-state index is 13.2. The summed E-state index contributed by atoms with van der Waals surface area (Å²) >= 11 is 0. The first-order valence-electron chi connectivity index (χ1n) is 12.9. The normalized spacial score (nSPS) is 47.3. The van der Waals surface area contributed by atoms with Crippen LogP contribution in [0.4, 0.5) is 0 Å². The summed E-state index contributed by atoms with van der Waals surface area (Å²) in [4.78, 5) is 13.2. The molecule has 0 aliphatic heterocycles. The Morgan fingerprint density at radius 3 is 2.42 bits per heavy atom. The zero-order chi connectivity index (χ0) is 24.6. The lowest BCUT2D eigenvalue weighted by Crippen LogP contribution is -2.61. The Bertz CT molecular complexity index is 816. The van der Waals surface area contributed by atoms with Gasteiger partial charge in [-0.3, -0.25) is 4.79 Å². The third kappa shape index (κ3) is 3.85. The van der Waals surface area contributed by atoms with Gasteiger partial charge in [-0.15, -0.1) is 0 Å². The molecule has 3 saturated carbocycles. The van der Waals surface area contributed by atoms with E-state index in [2.05, 4.69) is 20.8 Å². The fourth-order valence-electron chi connectivity index (χ4n) is 8.29. The number of carbonyl (C=O) groups is 1. The van der Waals surface area contributed by atoms with Gasteiger partial charge in [-0.05, 0) is 100 Å². The molecular weight excluding hydrogens is 420 g/mol. The molecule has 3 fully saturated rings. The van der Waals surface area contributed by atoms with E-state index in [0.717, 1.165) is 24.8 Å². The Labute approximate surface area is 198 Å². The zero-order valence-electron chi connectivity index (χ0n) is 20.9. The van der Waals surface area contributed by atoms with E-state index in [9.17, 15) is 30.3 Å². The maximum Gasteiger partial charge on any atom is 0.159 e. The monoisotopic (exact) mass is 464 g/mol. The highest BCUT2D eigenvalue weighted by Crippen LogP contribution is 2.68. The van der Waals surface area contributed by atoms with Crippen LogP contribution < -0.4 is 0 Å². The van der Waals surface area contributed by atoms with Gasteiger partial charge in [-0.1, -0.05) is 20.8 Å². The molecule has 0 aromatic carbocycles. The summed E-state index contributed by atoms with van der Waals surface area (Å²) in [6, 6.07) is 0. The van der Waals surface area contributed by atoms with Gasteiger partial charge >= 0.3 is 0 Å². The molecule has 0 aromatic rings. The molecule has 0 spiro atoms. The number of carbonyl (C=O) groups excluding carboxylic acids is 1. The summed E-state index contributed by atoms with van der Waals surface area (Å²) < 4.78 is 0. The topological polar surface area (TPSA) is 118 Å². The number of rotatable bonds is 5. The highest BCUT2D eigenvalue weighted by molar-refractivity contribution is 5.95. The number of ketones is 1. The predicted octanol–water partition coefficient (Wildman–Crippen LogP) is 2.74. The van der Waals surface area contributed by atoms with Gasteiger partial charge in [0.05, 0.1) is 29.5 Å². The Hall–Kier alpha value is -0.790. The van der Waals surface area contributed by atoms with E-state index in [-0.39, 0.29) is 35.9 Å². The average Bonchev–Trinajstić information content (AvgIpc) is 2.99. The highest BCUT2D eigenvalue weighted by atomic mass is 16.3. The van der Waals surface area contributed by atoms with Crippen LogP contribution in [-0.2, 0) is 4.79 Å². The molecule has 6 heteroatoms. The third-order valence-electron chi connectivity index (χ3n) is 10.5. The molecule has 0 radical (unpaired) electrons. The minimum Gasteiger partial charge on any atom is -0.393 e. The molecule has 4 aliphatic rings. The lowest BCUT2D eigenvalue weighted by atomic mass is 9.46. The molecule has 10 atom stereocenters. The Kier molecular flexibility index (Phi) is 6.23. The standard InChI is InChI=1S/C27H44O6/c1-15(20(28)8-9-24(2,3)32)16-7-11-27(33)18-12-21(29)19-13-22(30)23(31)14-25(19,4)17(18)6-10-26(16,27)5/h12,15-17,19-20,22-23,28,30-33H,6-11,13-14H2,1-5H3/t15-,16+,17?,19-,20+,22+,23-,25+,26+,27+/m0/s1. The molecule has 6 nitrogen and oxygen atoms in total. The summed E-state index contributed by atoms with van der Waals surface area (Å²) in [7, 11) is 0. The van der Waals surface area contributed by atoms with Crippen LogP contribution in [0.1, 0.15) is 86.0 Å². The molecule has 4 aliphatic carbocycles. The van der Waals surface area contributed by atoms with Crippen LogP contribution >= 0.6 is 0 Å². The zero-order valence-corrected chi connectivity index (χ0v) is 20.9. The van der Waals surface area contributed by atoms with Gasteiger partial charge in [0, 0.05) is 11.3 Å². The summed E-state index contributed by atoms with van der Waals surface area (Å²) in [6.07, 6.45) is 4.06.